The summed E-state index contributed by atoms with van der Waals surface area (Å²) in [7, 11) is -3.93. The highest BCUT2D eigenvalue weighted by Gasteiger charge is 2.31. The molecule has 0 aromatic heterocycles. The number of nitro benzene ring substituents is 1. The summed E-state index contributed by atoms with van der Waals surface area (Å²) in [6, 6.07) is 4.45. The van der Waals surface area contributed by atoms with E-state index in [1.807, 2.05) is 0 Å². The molecule has 1 heterocycles. The van der Waals surface area contributed by atoms with E-state index in [2.05, 4.69) is 5.32 Å². The molecule has 0 saturated carbocycles. The average molecular weight is 322 g/mol. The van der Waals surface area contributed by atoms with E-state index in [9.17, 15) is 23.3 Å². The van der Waals surface area contributed by atoms with Crippen molar-refractivity contribution in [1.29, 1.82) is 0 Å². The number of benzene rings is 1. The lowest BCUT2D eigenvalue weighted by Crippen LogP contribution is -2.50. The van der Waals surface area contributed by atoms with Crippen molar-refractivity contribution in [2.75, 3.05) is 19.6 Å². The molecule has 1 aliphatic rings. The molecule has 0 aliphatic carbocycles. The number of carbonyl (C=O) groups is 1. The van der Waals surface area contributed by atoms with Crippen LogP contribution in [0.25, 0.3) is 0 Å². The first-order chi connectivity index (χ1) is 8.93. The molecule has 10 heteroatoms. The van der Waals surface area contributed by atoms with E-state index in [0.717, 1.165) is 28.6 Å². The minimum atomic E-state index is -3.93. The topological polar surface area (TPSA) is 110 Å². The molecule has 1 aromatic rings. The van der Waals surface area contributed by atoms with Crippen LogP contribution in [0.4, 0.5) is 5.69 Å². The highest BCUT2D eigenvalue weighted by Crippen LogP contribution is 2.20. The van der Waals surface area contributed by atoms with Crippen molar-refractivity contribution < 1.29 is 18.1 Å². The number of amides is 1. The standard InChI is InChI=1S/C10H11N3O5S.ClH/c14-10-7-11-5-6-12(10)19(17,18)9-3-1-8(2-4-9)13(15)16;/h1-4,11H,5-7H2;1H. The molecule has 1 saturated heterocycles. The van der Waals surface area contributed by atoms with Crippen molar-refractivity contribution in [1.82, 2.24) is 9.62 Å². The summed E-state index contributed by atoms with van der Waals surface area (Å²) in [5.74, 6) is -0.537. The van der Waals surface area contributed by atoms with Gasteiger partial charge < -0.3 is 5.32 Å². The van der Waals surface area contributed by atoms with Gasteiger partial charge in [-0.1, -0.05) is 0 Å². The van der Waals surface area contributed by atoms with Crippen LogP contribution >= 0.6 is 12.4 Å². The zero-order chi connectivity index (χ0) is 14.0. The van der Waals surface area contributed by atoms with Crippen LogP contribution in [0.15, 0.2) is 29.2 Å². The molecule has 0 unspecified atom stereocenters. The number of nitro groups is 1. The summed E-state index contributed by atoms with van der Waals surface area (Å²) in [6.07, 6.45) is 0. The summed E-state index contributed by atoms with van der Waals surface area (Å²) in [4.78, 5) is 21.3. The van der Waals surface area contributed by atoms with Gasteiger partial charge in [0.05, 0.1) is 16.4 Å². The minimum absolute atomic E-state index is 0. The Hall–Kier alpha value is -1.71. The molecular formula is C10H12ClN3O5S. The second-order valence-electron chi connectivity index (χ2n) is 3.90. The van der Waals surface area contributed by atoms with Gasteiger partial charge in [-0.05, 0) is 12.1 Å². The number of hydrogen-bond donors (Lipinski definition) is 1. The van der Waals surface area contributed by atoms with Gasteiger partial charge >= 0.3 is 0 Å². The molecule has 1 amide bonds. The Morgan fingerprint density at radius 1 is 1.25 bits per heavy atom. The summed E-state index contributed by atoms with van der Waals surface area (Å²) >= 11 is 0. The highest BCUT2D eigenvalue weighted by atomic mass is 35.5. The van der Waals surface area contributed by atoms with Crippen molar-refractivity contribution in [3.05, 3.63) is 34.4 Å². The quantitative estimate of drug-likeness (QED) is 0.626. The number of halogens is 1. The lowest BCUT2D eigenvalue weighted by molar-refractivity contribution is -0.384. The third-order valence-electron chi connectivity index (χ3n) is 2.68. The van der Waals surface area contributed by atoms with Gasteiger partial charge in [-0.25, -0.2) is 12.7 Å². The van der Waals surface area contributed by atoms with Gasteiger partial charge in [0.15, 0.2) is 0 Å². The Morgan fingerprint density at radius 3 is 2.35 bits per heavy atom. The molecule has 0 spiro atoms. The fraction of sp³-hybridized carbons (Fsp3) is 0.300. The summed E-state index contributed by atoms with van der Waals surface area (Å²) in [5, 5.41) is 13.3. The molecular weight excluding hydrogens is 310 g/mol. The zero-order valence-corrected chi connectivity index (χ0v) is 11.8. The fourth-order valence-electron chi connectivity index (χ4n) is 1.71. The first-order valence-corrected chi connectivity index (χ1v) is 6.87. The number of carbonyl (C=O) groups excluding carboxylic acids is 1. The van der Waals surface area contributed by atoms with E-state index in [0.29, 0.717) is 6.54 Å². The van der Waals surface area contributed by atoms with Crippen LogP contribution in [-0.4, -0.2) is 43.2 Å². The predicted molar refractivity (Wildman–Crippen MR) is 72.1 cm³/mol. The lowest BCUT2D eigenvalue weighted by Gasteiger charge is -2.26. The van der Waals surface area contributed by atoms with E-state index < -0.39 is 20.9 Å². The van der Waals surface area contributed by atoms with Gasteiger partial charge in [0.25, 0.3) is 15.7 Å². The van der Waals surface area contributed by atoms with Crippen molar-refractivity contribution in [2.24, 2.45) is 0 Å². The van der Waals surface area contributed by atoms with E-state index in [4.69, 9.17) is 0 Å². The van der Waals surface area contributed by atoms with Gasteiger partial charge in [0.1, 0.15) is 0 Å². The highest BCUT2D eigenvalue weighted by molar-refractivity contribution is 7.89. The number of non-ortho nitro benzene ring substituents is 1. The maximum atomic E-state index is 12.2. The molecule has 1 fully saturated rings. The SMILES string of the molecule is Cl.O=C1CNCCN1S(=O)(=O)c1ccc([N+](=O)[O-])cc1. The monoisotopic (exact) mass is 321 g/mol. The molecule has 1 N–H and O–H groups in total. The maximum Gasteiger partial charge on any atom is 0.269 e. The molecule has 1 aromatic carbocycles. The van der Waals surface area contributed by atoms with Crippen molar-refractivity contribution in [2.45, 2.75) is 4.90 Å². The second-order valence-corrected chi connectivity index (χ2v) is 5.76. The third-order valence-corrected chi connectivity index (χ3v) is 4.52. The average Bonchev–Trinajstić information content (AvgIpc) is 2.39. The first-order valence-electron chi connectivity index (χ1n) is 5.43. The van der Waals surface area contributed by atoms with E-state index in [1.165, 1.54) is 0 Å². The smallest absolute Gasteiger partial charge is 0.269 e. The van der Waals surface area contributed by atoms with Crippen LogP contribution in [0.1, 0.15) is 0 Å². The molecule has 110 valence electrons. The van der Waals surface area contributed by atoms with Crippen molar-refractivity contribution >= 4 is 34.0 Å². The summed E-state index contributed by atoms with van der Waals surface area (Å²) < 4.78 is 25.2. The number of nitrogens with zero attached hydrogens (tertiary/aromatic N) is 2. The van der Waals surface area contributed by atoms with Crippen LogP contribution in [-0.2, 0) is 14.8 Å². The van der Waals surface area contributed by atoms with Gasteiger partial charge in [-0.15, -0.1) is 12.4 Å². The Labute approximate surface area is 121 Å². The second kappa shape index (κ2) is 6.16. The van der Waals surface area contributed by atoms with Gasteiger partial charge in [-0.2, -0.15) is 0 Å². The molecule has 0 bridgehead atoms. The molecule has 1 aliphatic heterocycles. The molecule has 0 radical (unpaired) electrons. The maximum absolute atomic E-state index is 12.2. The lowest BCUT2D eigenvalue weighted by atomic mass is 10.3. The normalized spacial score (nSPS) is 15.6. The van der Waals surface area contributed by atoms with Crippen molar-refractivity contribution in [3.8, 4) is 0 Å². The largest absolute Gasteiger partial charge is 0.307 e. The fourth-order valence-corrected chi connectivity index (χ4v) is 3.11. The Balaban J connectivity index is 0.00000200. The van der Waals surface area contributed by atoms with Crippen LogP contribution in [0, 0.1) is 10.1 Å². The molecule has 20 heavy (non-hydrogen) atoms. The van der Waals surface area contributed by atoms with E-state index >= 15 is 0 Å². The zero-order valence-electron chi connectivity index (χ0n) is 10.2. The Morgan fingerprint density at radius 2 is 1.85 bits per heavy atom. The van der Waals surface area contributed by atoms with E-state index in [1.54, 1.807) is 0 Å². The van der Waals surface area contributed by atoms with Crippen LogP contribution in [0.2, 0.25) is 0 Å². The minimum Gasteiger partial charge on any atom is -0.307 e. The number of sulfonamides is 1. The number of nitrogens with one attached hydrogen (secondary N) is 1. The number of hydrogen-bond acceptors (Lipinski definition) is 6. The van der Waals surface area contributed by atoms with Crippen molar-refractivity contribution in [3.63, 3.8) is 0 Å². The molecule has 2 rings (SSSR count). The van der Waals surface area contributed by atoms with Gasteiger partial charge in [-0.3, -0.25) is 14.9 Å². The van der Waals surface area contributed by atoms with Gasteiger partial charge in [0, 0.05) is 25.2 Å². The summed E-state index contributed by atoms with van der Waals surface area (Å²) in [6.45, 7) is 0.405. The third kappa shape index (κ3) is 3.06. The van der Waals surface area contributed by atoms with Crippen LogP contribution in [0.3, 0.4) is 0 Å². The first kappa shape index (κ1) is 16.3. The number of rotatable bonds is 3. The van der Waals surface area contributed by atoms with Crippen LogP contribution in [0.5, 0.6) is 0 Å². The molecule has 8 nitrogen and oxygen atoms in total. The summed E-state index contributed by atoms with van der Waals surface area (Å²) in [5.41, 5.74) is -0.203. The van der Waals surface area contributed by atoms with E-state index in [-0.39, 0.29) is 36.1 Å². The Bertz CT molecular complexity index is 616. The Kier molecular flexibility index (Phi) is 5.03. The molecule has 0 atom stereocenters. The van der Waals surface area contributed by atoms with Gasteiger partial charge in [0.2, 0.25) is 5.91 Å². The van der Waals surface area contributed by atoms with Crippen LogP contribution < -0.4 is 5.32 Å². The predicted octanol–water partition coefficient (Wildman–Crippen LogP) is 0.137. The number of piperazine rings is 1.